The fourth-order valence-corrected chi connectivity index (χ4v) is 2.26. The van der Waals surface area contributed by atoms with E-state index in [0.29, 0.717) is 0 Å². The van der Waals surface area contributed by atoms with Crippen molar-refractivity contribution in [3.05, 3.63) is 40.8 Å². The van der Waals surface area contributed by atoms with Crippen molar-refractivity contribution in [3.63, 3.8) is 0 Å². The molecule has 6 heteroatoms. The van der Waals surface area contributed by atoms with E-state index in [0.717, 1.165) is 40.5 Å². The third kappa shape index (κ3) is 3.91. The second-order valence-electron chi connectivity index (χ2n) is 4.19. The number of aromatic nitrogens is 2. The quantitative estimate of drug-likeness (QED) is 0.849. The van der Waals surface area contributed by atoms with Crippen LogP contribution >= 0.6 is 15.9 Å². The smallest absolute Gasteiger partial charge is 0.134 e. The lowest BCUT2D eigenvalue weighted by Crippen LogP contribution is -2.12. The number of nitrogens with one attached hydrogen (secondary N) is 2. The lowest BCUT2D eigenvalue weighted by atomic mass is 10.3. The van der Waals surface area contributed by atoms with Crippen LogP contribution in [-0.4, -0.2) is 30.7 Å². The van der Waals surface area contributed by atoms with Gasteiger partial charge in [0.2, 0.25) is 0 Å². The molecule has 2 N–H and O–H groups in total. The number of rotatable bonds is 6. The van der Waals surface area contributed by atoms with Crippen molar-refractivity contribution in [2.45, 2.75) is 6.42 Å². The molecule has 1 aromatic heterocycles. The van der Waals surface area contributed by atoms with Gasteiger partial charge in [0, 0.05) is 24.8 Å². The summed E-state index contributed by atoms with van der Waals surface area (Å²) in [6.07, 6.45) is 2.57. The van der Waals surface area contributed by atoms with Crippen LogP contribution in [0.3, 0.4) is 0 Å². The lowest BCUT2D eigenvalue weighted by Gasteiger charge is -2.09. The van der Waals surface area contributed by atoms with Crippen molar-refractivity contribution in [2.75, 3.05) is 26.0 Å². The molecule has 1 aromatic carbocycles. The highest BCUT2D eigenvalue weighted by molar-refractivity contribution is 9.10. The number of hydrogen-bond donors (Lipinski definition) is 2. The van der Waals surface area contributed by atoms with Gasteiger partial charge in [-0.3, -0.25) is 0 Å². The SMILES string of the molecule is CNCCc1nccc(Nc2ccc(OC)c(Br)c2)n1. The Labute approximate surface area is 126 Å². The predicted molar refractivity (Wildman–Crippen MR) is 83.6 cm³/mol. The first-order valence-corrected chi connectivity index (χ1v) is 7.09. The Morgan fingerprint density at radius 1 is 1.30 bits per heavy atom. The predicted octanol–water partition coefficient (Wildman–Crippen LogP) is 2.75. The molecule has 1 heterocycles. The van der Waals surface area contributed by atoms with Gasteiger partial charge < -0.3 is 15.4 Å². The van der Waals surface area contributed by atoms with E-state index in [1.54, 1.807) is 13.3 Å². The van der Waals surface area contributed by atoms with Gasteiger partial charge in [0.1, 0.15) is 17.4 Å². The molecule has 20 heavy (non-hydrogen) atoms. The van der Waals surface area contributed by atoms with E-state index in [9.17, 15) is 0 Å². The molecule has 2 aromatic rings. The first-order chi connectivity index (χ1) is 9.72. The lowest BCUT2D eigenvalue weighted by molar-refractivity contribution is 0.412. The number of likely N-dealkylation sites (N-methyl/N-ethyl adjacent to an activating group) is 1. The minimum atomic E-state index is 0.781. The number of hydrogen-bond acceptors (Lipinski definition) is 5. The zero-order valence-corrected chi connectivity index (χ0v) is 13.1. The Balaban J connectivity index is 2.11. The van der Waals surface area contributed by atoms with E-state index in [-0.39, 0.29) is 0 Å². The Kier molecular flexibility index (Phi) is 5.31. The standard InChI is InChI=1S/C14H17BrN4O/c1-16-7-5-13-17-8-6-14(19-13)18-10-3-4-12(20-2)11(15)9-10/h3-4,6,8-9,16H,5,7H2,1-2H3,(H,17,18,19). The van der Waals surface area contributed by atoms with Gasteiger partial charge in [-0.25, -0.2) is 9.97 Å². The molecule has 0 aliphatic rings. The highest BCUT2D eigenvalue weighted by atomic mass is 79.9. The highest BCUT2D eigenvalue weighted by Gasteiger charge is 2.03. The monoisotopic (exact) mass is 336 g/mol. The summed E-state index contributed by atoms with van der Waals surface area (Å²) in [6, 6.07) is 7.64. The van der Waals surface area contributed by atoms with E-state index in [1.807, 2.05) is 31.3 Å². The van der Waals surface area contributed by atoms with Crippen LogP contribution in [0.5, 0.6) is 5.75 Å². The van der Waals surface area contributed by atoms with Crippen LogP contribution in [0.2, 0.25) is 0 Å². The number of methoxy groups -OCH3 is 1. The Hall–Kier alpha value is -1.66. The van der Waals surface area contributed by atoms with Crippen LogP contribution in [0.15, 0.2) is 34.9 Å². The summed E-state index contributed by atoms with van der Waals surface area (Å²) in [6.45, 7) is 0.859. The summed E-state index contributed by atoms with van der Waals surface area (Å²) in [5.74, 6) is 2.40. The summed E-state index contributed by atoms with van der Waals surface area (Å²) >= 11 is 3.46. The zero-order valence-electron chi connectivity index (χ0n) is 11.5. The van der Waals surface area contributed by atoms with E-state index in [2.05, 4.69) is 36.5 Å². The molecule has 0 aliphatic carbocycles. The highest BCUT2D eigenvalue weighted by Crippen LogP contribution is 2.28. The molecule has 0 unspecified atom stereocenters. The van der Waals surface area contributed by atoms with Crippen LogP contribution in [0, 0.1) is 0 Å². The van der Waals surface area contributed by atoms with Crippen molar-refractivity contribution >= 4 is 27.4 Å². The van der Waals surface area contributed by atoms with Crippen LogP contribution in [0.25, 0.3) is 0 Å². The Morgan fingerprint density at radius 3 is 2.85 bits per heavy atom. The van der Waals surface area contributed by atoms with Crippen molar-refractivity contribution in [1.29, 1.82) is 0 Å². The van der Waals surface area contributed by atoms with Crippen LogP contribution in [-0.2, 0) is 6.42 Å². The molecular formula is C14H17BrN4O. The summed E-state index contributed by atoms with van der Waals surface area (Å²) < 4.78 is 6.10. The average molecular weight is 337 g/mol. The van der Waals surface area contributed by atoms with E-state index in [1.165, 1.54) is 0 Å². The summed E-state index contributed by atoms with van der Waals surface area (Å²) in [4.78, 5) is 8.71. The molecular weight excluding hydrogens is 320 g/mol. The molecule has 0 saturated heterocycles. The van der Waals surface area contributed by atoms with Gasteiger partial charge in [-0.2, -0.15) is 0 Å². The van der Waals surface area contributed by atoms with Gasteiger partial charge in [0.25, 0.3) is 0 Å². The first-order valence-electron chi connectivity index (χ1n) is 6.30. The van der Waals surface area contributed by atoms with Gasteiger partial charge in [0.05, 0.1) is 11.6 Å². The fraction of sp³-hybridized carbons (Fsp3) is 0.286. The molecule has 0 radical (unpaired) electrons. The van der Waals surface area contributed by atoms with Crippen LogP contribution < -0.4 is 15.4 Å². The molecule has 0 amide bonds. The maximum atomic E-state index is 5.21. The normalized spacial score (nSPS) is 10.3. The number of benzene rings is 1. The van der Waals surface area contributed by atoms with E-state index in [4.69, 9.17) is 4.74 Å². The minimum absolute atomic E-state index is 0.781. The van der Waals surface area contributed by atoms with Crippen LogP contribution in [0.4, 0.5) is 11.5 Å². The summed E-state index contributed by atoms with van der Waals surface area (Å²) in [5.41, 5.74) is 0.941. The molecule has 0 aliphatic heterocycles. The molecule has 0 saturated carbocycles. The minimum Gasteiger partial charge on any atom is -0.496 e. The van der Waals surface area contributed by atoms with Gasteiger partial charge >= 0.3 is 0 Å². The number of anilines is 2. The fourth-order valence-electron chi connectivity index (χ4n) is 1.72. The Morgan fingerprint density at radius 2 is 2.15 bits per heavy atom. The largest absolute Gasteiger partial charge is 0.496 e. The van der Waals surface area contributed by atoms with Crippen LogP contribution in [0.1, 0.15) is 5.82 Å². The molecule has 0 atom stereocenters. The van der Waals surface area contributed by atoms with Crippen molar-refractivity contribution in [2.24, 2.45) is 0 Å². The van der Waals surface area contributed by atoms with E-state index < -0.39 is 0 Å². The van der Waals surface area contributed by atoms with Gasteiger partial charge in [-0.05, 0) is 47.2 Å². The Bertz CT molecular complexity index is 577. The zero-order chi connectivity index (χ0) is 14.4. The summed E-state index contributed by atoms with van der Waals surface area (Å²) in [7, 11) is 3.56. The molecule has 0 bridgehead atoms. The second-order valence-corrected chi connectivity index (χ2v) is 5.04. The third-order valence-corrected chi connectivity index (χ3v) is 3.35. The van der Waals surface area contributed by atoms with Crippen molar-refractivity contribution in [1.82, 2.24) is 15.3 Å². The third-order valence-electron chi connectivity index (χ3n) is 2.73. The maximum Gasteiger partial charge on any atom is 0.134 e. The molecule has 106 valence electrons. The van der Waals surface area contributed by atoms with Gasteiger partial charge in [-0.15, -0.1) is 0 Å². The van der Waals surface area contributed by atoms with E-state index >= 15 is 0 Å². The first kappa shape index (κ1) is 14.7. The second kappa shape index (κ2) is 7.21. The number of ether oxygens (including phenoxy) is 1. The van der Waals surface area contributed by atoms with Crippen molar-refractivity contribution < 1.29 is 4.74 Å². The van der Waals surface area contributed by atoms with Gasteiger partial charge in [-0.1, -0.05) is 0 Å². The topological polar surface area (TPSA) is 59.1 Å². The van der Waals surface area contributed by atoms with Crippen molar-refractivity contribution in [3.8, 4) is 5.75 Å². The molecule has 0 fully saturated rings. The average Bonchev–Trinajstić information content (AvgIpc) is 2.46. The molecule has 5 nitrogen and oxygen atoms in total. The van der Waals surface area contributed by atoms with Gasteiger partial charge in [0.15, 0.2) is 0 Å². The molecule has 0 spiro atoms. The molecule has 2 rings (SSSR count). The summed E-state index contributed by atoms with van der Waals surface area (Å²) in [5, 5.41) is 6.34. The number of halogens is 1. The number of nitrogens with zero attached hydrogens (tertiary/aromatic N) is 2. The maximum absolute atomic E-state index is 5.21.